The smallest absolute Gasteiger partial charge is 0.414 e. The van der Waals surface area contributed by atoms with Crippen LogP contribution in [0.15, 0.2) is 0 Å². The first-order chi connectivity index (χ1) is 11.0. The quantitative estimate of drug-likeness (QED) is 0.617. The minimum Gasteiger partial charge on any atom is -0.449 e. The predicted molar refractivity (Wildman–Crippen MR) is 84.0 cm³/mol. The molecule has 10 heteroatoms. The van der Waals surface area contributed by atoms with Crippen molar-refractivity contribution in [3.63, 3.8) is 0 Å². The maximum Gasteiger partial charge on any atom is 0.414 e. The Labute approximate surface area is 134 Å². The van der Waals surface area contributed by atoms with E-state index >= 15 is 0 Å². The zero-order valence-corrected chi connectivity index (χ0v) is 13.3. The number of nitrogens with zero attached hydrogens (tertiary/aromatic N) is 3. The monoisotopic (exact) mass is 326 g/mol. The molecular formula is C13H22N6O4. The number of nitrogen functional groups attached to an aromatic ring is 1. The van der Waals surface area contributed by atoms with Crippen molar-refractivity contribution >= 4 is 30.0 Å². The van der Waals surface area contributed by atoms with E-state index in [-0.39, 0.29) is 31.1 Å². The Kier molecular flexibility index (Phi) is 8.11. The second-order valence-electron chi connectivity index (χ2n) is 4.57. The number of aromatic nitrogens is 3. The van der Waals surface area contributed by atoms with E-state index in [0.717, 1.165) is 25.7 Å². The van der Waals surface area contributed by atoms with E-state index in [1.807, 2.05) is 13.8 Å². The van der Waals surface area contributed by atoms with E-state index in [1.165, 1.54) is 0 Å². The van der Waals surface area contributed by atoms with Crippen LogP contribution < -0.4 is 16.4 Å². The fourth-order valence-electron chi connectivity index (χ4n) is 1.38. The molecule has 1 heterocycles. The Hall–Kier alpha value is -2.65. The average molecular weight is 326 g/mol. The molecule has 10 nitrogen and oxygen atoms in total. The standard InChI is InChI=1S/C13H22N6O4/c1-3-5-7-22-12(20)18-10-15-9(14)16-11(17-10)19-13(21)23-8-6-4-2/h3-8H2,1-2H3,(H4,14,15,16,17,18,19,20,21). The molecule has 0 unspecified atom stereocenters. The molecule has 0 bridgehead atoms. The number of amides is 2. The molecular weight excluding hydrogens is 304 g/mol. The van der Waals surface area contributed by atoms with E-state index in [1.54, 1.807) is 0 Å². The molecule has 0 fully saturated rings. The fraction of sp³-hybridized carbons (Fsp3) is 0.615. The highest BCUT2D eigenvalue weighted by Crippen LogP contribution is 2.08. The molecule has 0 atom stereocenters. The molecule has 0 spiro atoms. The van der Waals surface area contributed by atoms with Crippen molar-refractivity contribution in [1.82, 2.24) is 15.0 Å². The number of carbonyl (C=O) groups excluding carboxylic acids is 2. The number of nitrogens with one attached hydrogen (secondary N) is 2. The van der Waals surface area contributed by atoms with Gasteiger partial charge in [0, 0.05) is 0 Å². The summed E-state index contributed by atoms with van der Waals surface area (Å²) in [6.07, 6.45) is 1.90. The third kappa shape index (κ3) is 7.79. The highest BCUT2D eigenvalue weighted by Gasteiger charge is 2.11. The summed E-state index contributed by atoms with van der Waals surface area (Å²) < 4.78 is 9.82. The van der Waals surface area contributed by atoms with Crippen LogP contribution in [0.25, 0.3) is 0 Å². The summed E-state index contributed by atoms with van der Waals surface area (Å²) >= 11 is 0. The minimum atomic E-state index is -0.708. The van der Waals surface area contributed by atoms with Gasteiger partial charge in [-0.15, -0.1) is 0 Å². The number of rotatable bonds is 8. The number of hydrogen-bond acceptors (Lipinski definition) is 8. The lowest BCUT2D eigenvalue weighted by Crippen LogP contribution is -2.20. The third-order valence-electron chi connectivity index (χ3n) is 2.54. The van der Waals surface area contributed by atoms with Crippen molar-refractivity contribution in [3.05, 3.63) is 0 Å². The fourth-order valence-corrected chi connectivity index (χ4v) is 1.38. The molecule has 0 radical (unpaired) electrons. The molecule has 4 N–H and O–H groups in total. The Balaban J connectivity index is 2.57. The van der Waals surface area contributed by atoms with Crippen molar-refractivity contribution in [3.8, 4) is 0 Å². The van der Waals surface area contributed by atoms with Crippen LogP contribution in [0.1, 0.15) is 39.5 Å². The van der Waals surface area contributed by atoms with Crippen molar-refractivity contribution in [2.45, 2.75) is 39.5 Å². The van der Waals surface area contributed by atoms with Gasteiger partial charge in [-0.25, -0.2) is 9.59 Å². The van der Waals surface area contributed by atoms with Crippen molar-refractivity contribution in [2.75, 3.05) is 29.6 Å². The molecule has 0 saturated carbocycles. The zero-order valence-electron chi connectivity index (χ0n) is 13.3. The maximum atomic E-state index is 11.5. The molecule has 128 valence electrons. The Bertz CT molecular complexity index is 483. The van der Waals surface area contributed by atoms with Crippen molar-refractivity contribution in [1.29, 1.82) is 0 Å². The number of nitrogens with two attached hydrogens (primary N) is 1. The number of unbranched alkanes of at least 4 members (excludes halogenated alkanes) is 2. The summed E-state index contributed by atoms with van der Waals surface area (Å²) in [4.78, 5) is 34.4. The van der Waals surface area contributed by atoms with E-state index in [9.17, 15) is 9.59 Å². The van der Waals surface area contributed by atoms with Gasteiger partial charge in [0.05, 0.1) is 13.2 Å². The van der Waals surface area contributed by atoms with Gasteiger partial charge in [-0.3, -0.25) is 10.6 Å². The van der Waals surface area contributed by atoms with Gasteiger partial charge in [0.15, 0.2) is 0 Å². The highest BCUT2D eigenvalue weighted by molar-refractivity contribution is 5.84. The van der Waals surface area contributed by atoms with Gasteiger partial charge >= 0.3 is 12.2 Å². The van der Waals surface area contributed by atoms with Gasteiger partial charge in [0.2, 0.25) is 17.8 Å². The van der Waals surface area contributed by atoms with Crippen LogP contribution in [0.3, 0.4) is 0 Å². The summed E-state index contributed by atoms with van der Waals surface area (Å²) in [6, 6.07) is 0. The average Bonchev–Trinajstić information content (AvgIpc) is 2.47. The van der Waals surface area contributed by atoms with Crippen LogP contribution in [0.4, 0.5) is 27.4 Å². The Morgan fingerprint density at radius 3 is 1.74 bits per heavy atom. The lowest BCUT2D eigenvalue weighted by molar-refractivity contribution is 0.159. The summed E-state index contributed by atoms with van der Waals surface area (Å²) in [5, 5.41) is 4.62. The van der Waals surface area contributed by atoms with Gasteiger partial charge in [-0.05, 0) is 12.8 Å². The van der Waals surface area contributed by atoms with Gasteiger partial charge in [-0.2, -0.15) is 15.0 Å². The van der Waals surface area contributed by atoms with Crippen LogP contribution in [0.5, 0.6) is 0 Å². The van der Waals surface area contributed by atoms with E-state index < -0.39 is 12.2 Å². The highest BCUT2D eigenvalue weighted by atomic mass is 16.6. The summed E-state index contributed by atoms with van der Waals surface area (Å²) in [5.74, 6) is -0.404. The van der Waals surface area contributed by atoms with Crippen LogP contribution in [-0.4, -0.2) is 40.4 Å². The molecule has 0 aliphatic heterocycles. The number of carbonyl (C=O) groups is 2. The first-order valence-corrected chi connectivity index (χ1v) is 7.44. The van der Waals surface area contributed by atoms with Crippen LogP contribution in [-0.2, 0) is 9.47 Å². The molecule has 0 aromatic carbocycles. The SMILES string of the molecule is CCCCOC(=O)Nc1nc(N)nc(NC(=O)OCCCC)n1. The Morgan fingerprint density at radius 2 is 1.35 bits per heavy atom. The molecule has 1 rings (SSSR count). The van der Waals surface area contributed by atoms with Gasteiger partial charge in [-0.1, -0.05) is 26.7 Å². The molecule has 0 aliphatic rings. The predicted octanol–water partition coefficient (Wildman–Crippen LogP) is 2.15. The van der Waals surface area contributed by atoms with Crippen LogP contribution in [0, 0.1) is 0 Å². The molecule has 1 aromatic rings. The lowest BCUT2D eigenvalue weighted by Gasteiger charge is -2.08. The number of anilines is 3. The molecule has 23 heavy (non-hydrogen) atoms. The lowest BCUT2D eigenvalue weighted by atomic mass is 10.4. The topological polar surface area (TPSA) is 141 Å². The maximum absolute atomic E-state index is 11.5. The first-order valence-electron chi connectivity index (χ1n) is 7.44. The second kappa shape index (κ2) is 10.1. The van der Waals surface area contributed by atoms with E-state index in [0.29, 0.717) is 0 Å². The van der Waals surface area contributed by atoms with Gasteiger partial charge < -0.3 is 15.2 Å². The summed E-state index contributed by atoms with van der Waals surface area (Å²) in [5.41, 5.74) is 5.51. The summed E-state index contributed by atoms with van der Waals surface area (Å²) in [6.45, 7) is 4.53. The number of hydrogen-bond donors (Lipinski definition) is 3. The number of ether oxygens (including phenoxy) is 2. The van der Waals surface area contributed by atoms with Gasteiger partial charge in [0.1, 0.15) is 0 Å². The van der Waals surface area contributed by atoms with E-state index in [2.05, 4.69) is 25.6 Å². The third-order valence-corrected chi connectivity index (χ3v) is 2.54. The van der Waals surface area contributed by atoms with Crippen LogP contribution in [0.2, 0.25) is 0 Å². The van der Waals surface area contributed by atoms with E-state index in [4.69, 9.17) is 15.2 Å². The normalized spacial score (nSPS) is 10.0. The largest absolute Gasteiger partial charge is 0.449 e. The Morgan fingerprint density at radius 1 is 0.913 bits per heavy atom. The second-order valence-corrected chi connectivity index (χ2v) is 4.57. The molecule has 0 aliphatic carbocycles. The van der Waals surface area contributed by atoms with Crippen molar-refractivity contribution in [2.24, 2.45) is 0 Å². The zero-order chi connectivity index (χ0) is 17.1. The first kappa shape index (κ1) is 18.4. The van der Waals surface area contributed by atoms with Crippen LogP contribution >= 0.6 is 0 Å². The molecule has 0 saturated heterocycles. The minimum absolute atomic E-state index is 0.122. The van der Waals surface area contributed by atoms with Crippen molar-refractivity contribution < 1.29 is 19.1 Å². The van der Waals surface area contributed by atoms with Gasteiger partial charge in [0.25, 0.3) is 0 Å². The molecule has 1 aromatic heterocycles. The molecule has 2 amide bonds. The summed E-state index contributed by atoms with van der Waals surface area (Å²) in [7, 11) is 0.